The van der Waals surface area contributed by atoms with E-state index < -0.39 is 6.10 Å². The first-order valence-electron chi connectivity index (χ1n) is 26.2. The summed E-state index contributed by atoms with van der Waals surface area (Å²) in [5, 5.41) is 0. The van der Waals surface area contributed by atoms with Crippen molar-refractivity contribution >= 4 is 17.9 Å². The van der Waals surface area contributed by atoms with Crippen LogP contribution in [0.4, 0.5) is 0 Å². The van der Waals surface area contributed by atoms with Crippen molar-refractivity contribution < 1.29 is 28.6 Å². The van der Waals surface area contributed by atoms with Crippen LogP contribution in [0.2, 0.25) is 0 Å². The molecule has 0 N–H and O–H groups in total. The summed E-state index contributed by atoms with van der Waals surface area (Å²) < 4.78 is 16.7. The second-order valence-corrected chi connectivity index (χ2v) is 17.2. The molecule has 0 aromatic heterocycles. The highest BCUT2D eigenvalue weighted by Gasteiger charge is 2.19. The summed E-state index contributed by atoms with van der Waals surface area (Å²) in [7, 11) is 0. The zero-order chi connectivity index (χ0) is 45.8. The summed E-state index contributed by atoms with van der Waals surface area (Å²) in [5.41, 5.74) is 0. The number of rotatable bonds is 46. The minimum atomic E-state index is -0.801. The third-order valence-electron chi connectivity index (χ3n) is 11.0. The fraction of sp³-hybridized carbons (Fsp3) is 0.702. The van der Waals surface area contributed by atoms with Gasteiger partial charge in [-0.05, 0) is 89.9 Å². The number of ether oxygens (including phenoxy) is 3. The molecule has 6 nitrogen and oxygen atoms in total. The largest absolute Gasteiger partial charge is 0.462 e. The van der Waals surface area contributed by atoms with Gasteiger partial charge in [-0.3, -0.25) is 14.4 Å². The van der Waals surface area contributed by atoms with Gasteiger partial charge in [0.15, 0.2) is 6.10 Å². The van der Waals surface area contributed by atoms with Crippen molar-refractivity contribution in [1.82, 2.24) is 0 Å². The van der Waals surface area contributed by atoms with Gasteiger partial charge in [0, 0.05) is 19.3 Å². The monoisotopic (exact) mass is 877 g/mol. The molecule has 0 rings (SSSR count). The van der Waals surface area contributed by atoms with E-state index in [-0.39, 0.29) is 31.1 Å². The van der Waals surface area contributed by atoms with Crippen LogP contribution in [0.15, 0.2) is 85.1 Å². The van der Waals surface area contributed by atoms with Gasteiger partial charge in [-0.25, -0.2) is 0 Å². The van der Waals surface area contributed by atoms with E-state index in [2.05, 4.69) is 106 Å². The highest BCUT2D eigenvalue weighted by atomic mass is 16.6. The Labute approximate surface area is 388 Å². The van der Waals surface area contributed by atoms with Crippen LogP contribution in [-0.4, -0.2) is 37.2 Å². The SMILES string of the molecule is CCCC/C=C\C=C/CCCCCC(=O)OCC(COC(=O)CCCCCCC\C=C/C=C\C=C/C=C\CCCCC)OC(=O)CCCCCCC/C=C\CCCCCCCCC. The third-order valence-corrected chi connectivity index (χ3v) is 11.0. The summed E-state index contributed by atoms with van der Waals surface area (Å²) in [4.78, 5) is 37.9. The molecule has 0 aliphatic rings. The van der Waals surface area contributed by atoms with Crippen LogP contribution in [0.3, 0.4) is 0 Å². The molecule has 0 bridgehead atoms. The Kier molecular flexibility index (Phi) is 48.5. The van der Waals surface area contributed by atoms with Crippen LogP contribution in [-0.2, 0) is 28.6 Å². The number of esters is 3. The summed E-state index contributed by atoms with van der Waals surface area (Å²) in [5.74, 6) is -0.960. The van der Waals surface area contributed by atoms with E-state index in [0.717, 1.165) is 109 Å². The average molecular weight is 877 g/mol. The van der Waals surface area contributed by atoms with E-state index in [4.69, 9.17) is 14.2 Å². The molecule has 0 aliphatic carbocycles. The number of hydrogen-bond acceptors (Lipinski definition) is 6. The Morgan fingerprint density at radius 2 is 0.603 bits per heavy atom. The van der Waals surface area contributed by atoms with Gasteiger partial charge in [0.25, 0.3) is 0 Å². The fourth-order valence-electron chi connectivity index (χ4n) is 6.95. The summed E-state index contributed by atoms with van der Waals surface area (Å²) in [6.45, 7) is 6.49. The first kappa shape index (κ1) is 59.6. The van der Waals surface area contributed by atoms with Crippen molar-refractivity contribution in [2.24, 2.45) is 0 Å². The zero-order valence-corrected chi connectivity index (χ0v) is 41.1. The summed E-state index contributed by atoms with van der Waals surface area (Å²) in [6.07, 6.45) is 65.6. The molecule has 0 saturated carbocycles. The number of hydrogen-bond donors (Lipinski definition) is 0. The predicted octanol–water partition coefficient (Wildman–Crippen LogP) is 17.2. The van der Waals surface area contributed by atoms with Crippen molar-refractivity contribution in [3.8, 4) is 0 Å². The Morgan fingerprint density at radius 1 is 0.317 bits per heavy atom. The second-order valence-electron chi connectivity index (χ2n) is 17.2. The summed E-state index contributed by atoms with van der Waals surface area (Å²) in [6, 6.07) is 0. The van der Waals surface area contributed by atoms with Gasteiger partial charge in [-0.2, -0.15) is 0 Å². The van der Waals surface area contributed by atoms with E-state index in [1.54, 1.807) is 0 Å². The quantitative estimate of drug-likeness (QED) is 0.0199. The third kappa shape index (κ3) is 49.5. The Bertz CT molecular complexity index is 1240. The van der Waals surface area contributed by atoms with E-state index >= 15 is 0 Å². The van der Waals surface area contributed by atoms with Crippen LogP contribution in [0, 0.1) is 0 Å². The van der Waals surface area contributed by atoms with E-state index in [1.165, 1.54) is 89.9 Å². The Hall–Kier alpha value is -3.41. The van der Waals surface area contributed by atoms with Gasteiger partial charge in [0.1, 0.15) is 13.2 Å². The molecule has 6 heteroatoms. The molecule has 0 aliphatic heterocycles. The molecule has 0 fully saturated rings. The van der Waals surface area contributed by atoms with Crippen molar-refractivity contribution in [1.29, 1.82) is 0 Å². The van der Waals surface area contributed by atoms with Crippen LogP contribution in [0.5, 0.6) is 0 Å². The van der Waals surface area contributed by atoms with E-state index in [9.17, 15) is 14.4 Å². The van der Waals surface area contributed by atoms with Gasteiger partial charge in [0.05, 0.1) is 0 Å². The molecule has 0 aromatic rings. The molecule has 1 unspecified atom stereocenters. The van der Waals surface area contributed by atoms with Crippen molar-refractivity contribution in [3.05, 3.63) is 85.1 Å². The molecule has 1 atom stereocenters. The van der Waals surface area contributed by atoms with Gasteiger partial charge in [-0.1, -0.05) is 215 Å². The number of carbonyl (C=O) groups excluding carboxylic acids is 3. The van der Waals surface area contributed by atoms with Crippen LogP contribution < -0.4 is 0 Å². The van der Waals surface area contributed by atoms with Crippen molar-refractivity contribution in [2.75, 3.05) is 13.2 Å². The zero-order valence-electron chi connectivity index (χ0n) is 41.1. The van der Waals surface area contributed by atoms with E-state index in [1.807, 2.05) is 0 Å². The Balaban J connectivity index is 4.46. The van der Waals surface area contributed by atoms with Crippen molar-refractivity contribution in [2.45, 2.75) is 245 Å². The smallest absolute Gasteiger partial charge is 0.306 e. The molecule has 0 radical (unpaired) electrons. The fourth-order valence-corrected chi connectivity index (χ4v) is 6.95. The second kappa shape index (κ2) is 51.2. The lowest BCUT2D eigenvalue weighted by Gasteiger charge is -2.18. The molecule has 0 aromatic carbocycles. The van der Waals surface area contributed by atoms with Gasteiger partial charge < -0.3 is 14.2 Å². The van der Waals surface area contributed by atoms with Crippen LogP contribution >= 0.6 is 0 Å². The molecule has 360 valence electrons. The molecule has 0 heterocycles. The normalized spacial score (nSPS) is 12.7. The molecular weight excluding hydrogens is 781 g/mol. The maximum absolute atomic E-state index is 12.8. The molecule has 63 heavy (non-hydrogen) atoms. The molecule has 0 saturated heterocycles. The first-order valence-corrected chi connectivity index (χ1v) is 26.2. The lowest BCUT2D eigenvalue weighted by molar-refractivity contribution is -0.167. The first-order chi connectivity index (χ1) is 31.0. The summed E-state index contributed by atoms with van der Waals surface area (Å²) >= 11 is 0. The maximum Gasteiger partial charge on any atom is 0.306 e. The van der Waals surface area contributed by atoms with Crippen LogP contribution in [0.25, 0.3) is 0 Å². The minimum absolute atomic E-state index is 0.101. The lowest BCUT2D eigenvalue weighted by atomic mass is 10.1. The standard InChI is InChI=1S/C57H96O6/c1-4-7-10-13-16-19-22-24-26-28-29-31-32-35-38-41-44-47-50-56(59)62-53-54(52-61-55(58)49-46-43-40-37-34-21-18-15-12-9-6-3)63-57(60)51-48-45-42-39-36-33-30-27-25-23-20-17-14-11-8-5-2/h15-16,18-19,21-22,24,26-31,34,54H,4-14,17,20,23,25,32-33,35-53H2,1-3H3/b18-15-,19-16-,24-22-,28-26-,30-27-,31-29-,34-21-. The van der Waals surface area contributed by atoms with Gasteiger partial charge in [0.2, 0.25) is 0 Å². The molecule has 0 spiro atoms. The predicted molar refractivity (Wildman–Crippen MR) is 270 cm³/mol. The Morgan fingerprint density at radius 3 is 1.05 bits per heavy atom. The molecular formula is C57H96O6. The molecule has 0 amide bonds. The maximum atomic E-state index is 12.8. The number of allylic oxidation sites excluding steroid dienone is 14. The number of unbranched alkanes of at least 4 members (excludes halogenated alkanes) is 25. The van der Waals surface area contributed by atoms with Crippen LogP contribution in [0.1, 0.15) is 239 Å². The average Bonchev–Trinajstić information content (AvgIpc) is 3.28. The minimum Gasteiger partial charge on any atom is -0.462 e. The lowest BCUT2D eigenvalue weighted by Crippen LogP contribution is -2.30. The topological polar surface area (TPSA) is 78.9 Å². The van der Waals surface area contributed by atoms with E-state index in [0.29, 0.717) is 19.3 Å². The highest BCUT2D eigenvalue weighted by molar-refractivity contribution is 5.71. The number of carbonyl (C=O) groups is 3. The van der Waals surface area contributed by atoms with Gasteiger partial charge >= 0.3 is 17.9 Å². The van der Waals surface area contributed by atoms with Crippen molar-refractivity contribution in [3.63, 3.8) is 0 Å². The van der Waals surface area contributed by atoms with Gasteiger partial charge in [-0.15, -0.1) is 0 Å². The highest BCUT2D eigenvalue weighted by Crippen LogP contribution is 2.13.